The second kappa shape index (κ2) is 39.2. The highest BCUT2D eigenvalue weighted by atomic mass is 16.7. The first kappa shape index (κ1) is 60.6. The third-order valence-corrected chi connectivity index (χ3v) is 13.1. The minimum absolute atomic E-state index is 0.173. The maximum Gasteiger partial charge on any atom is 0.306 e. The van der Waals surface area contributed by atoms with Gasteiger partial charge in [-0.15, -0.1) is 0 Å². The number of aliphatic hydroxyl groups is 7. The molecule has 2 aliphatic heterocycles. The van der Waals surface area contributed by atoms with Crippen molar-refractivity contribution in [3.63, 3.8) is 0 Å². The Morgan fingerprint density at radius 2 is 0.773 bits per heavy atom. The fourth-order valence-electron chi connectivity index (χ4n) is 8.69. The summed E-state index contributed by atoms with van der Waals surface area (Å²) in [6.07, 6.45) is 19.8. The van der Waals surface area contributed by atoms with E-state index >= 15 is 0 Å². The van der Waals surface area contributed by atoms with Crippen LogP contribution in [0.1, 0.15) is 219 Å². The molecular formula is C51H96O15. The smallest absolute Gasteiger partial charge is 0.306 e. The maximum atomic E-state index is 13.0. The molecule has 7 N–H and O–H groups in total. The van der Waals surface area contributed by atoms with E-state index < -0.39 is 92.7 Å². The van der Waals surface area contributed by atoms with Crippen molar-refractivity contribution < 1.29 is 73.8 Å². The molecular weight excluding hydrogens is 853 g/mol. The molecule has 4 unspecified atom stereocenters. The SMILES string of the molecule is CCCCCCCCCCCCCCCCCCC(=O)O[C@H](COC(=O)CCCCCCCCCCCCCCCC)CO[C@@H]1O[C@H](CO[C@@H]2O[C@H](CO)[C@H](O)C(O)C2O)[C@H](O)C(O)C1O. The molecule has 2 fully saturated rings. The molecule has 390 valence electrons. The standard InChI is InChI=1S/C51H96O15/c1-3-5-7-9-11-13-15-17-19-20-22-24-26-28-30-32-34-43(54)64-39(36-61-42(53)33-31-29-27-25-23-21-18-16-14-12-10-8-6-4-2)37-62-50-49(60)47(58)45(56)41(66-50)38-63-51-48(59)46(57)44(55)40(35-52)65-51/h39-41,44-52,55-60H,3-38H2,1-2H3/t39-,40-,41-,44+,45+,46?,47?,48?,49?,50-,51-/m1/s1. The normalized spacial score (nSPS) is 26.1. The number of ether oxygens (including phenoxy) is 6. The summed E-state index contributed by atoms with van der Waals surface area (Å²) in [6, 6.07) is 0. The average molecular weight is 949 g/mol. The van der Waals surface area contributed by atoms with Crippen molar-refractivity contribution in [2.75, 3.05) is 26.4 Å². The lowest BCUT2D eigenvalue weighted by molar-refractivity contribution is -0.332. The molecule has 0 amide bonds. The van der Waals surface area contributed by atoms with Crippen molar-refractivity contribution in [3.05, 3.63) is 0 Å². The van der Waals surface area contributed by atoms with Gasteiger partial charge in [0.05, 0.1) is 19.8 Å². The number of esters is 2. The number of aliphatic hydroxyl groups excluding tert-OH is 7. The van der Waals surface area contributed by atoms with Crippen molar-refractivity contribution in [2.24, 2.45) is 0 Å². The van der Waals surface area contributed by atoms with Crippen LogP contribution in [0.25, 0.3) is 0 Å². The molecule has 0 spiro atoms. The van der Waals surface area contributed by atoms with E-state index in [1.54, 1.807) is 0 Å². The zero-order chi connectivity index (χ0) is 48.2. The minimum Gasteiger partial charge on any atom is -0.462 e. The first-order valence-electron chi connectivity index (χ1n) is 26.6. The van der Waals surface area contributed by atoms with Crippen molar-refractivity contribution in [1.82, 2.24) is 0 Å². The highest BCUT2D eigenvalue weighted by molar-refractivity contribution is 5.70. The molecule has 2 aliphatic rings. The van der Waals surface area contributed by atoms with Gasteiger partial charge in [0.25, 0.3) is 0 Å². The van der Waals surface area contributed by atoms with Gasteiger partial charge in [0.2, 0.25) is 0 Å². The van der Waals surface area contributed by atoms with E-state index in [0.29, 0.717) is 12.8 Å². The van der Waals surface area contributed by atoms with Gasteiger partial charge in [-0.1, -0.05) is 194 Å². The lowest BCUT2D eigenvalue weighted by Crippen LogP contribution is -2.61. The molecule has 0 radical (unpaired) electrons. The maximum absolute atomic E-state index is 13.0. The lowest BCUT2D eigenvalue weighted by atomic mass is 9.98. The van der Waals surface area contributed by atoms with Crippen LogP contribution in [-0.4, -0.2) is 142 Å². The fourth-order valence-corrected chi connectivity index (χ4v) is 8.69. The van der Waals surface area contributed by atoms with Crippen molar-refractivity contribution in [1.29, 1.82) is 0 Å². The quantitative estimate of drug-likeness (QED) is 0.0231. The Kier molecular flexibility index (Phi) is 36.0. The minimum atomic E-state index is -1.76. The Morgan fingerprint density at radius 3 is 1.18 bits per heavy atom. The zero-order valence-electron chi connectivity index (χ0n) is 41.2. The number of hydrogen-bond donors (Lipinski definition) is 7. The van der Waals surface area contributed by atoms with E-state index in [4.69, 9.17) is 28.4 Å². The van der Waals surface area contributed by atoms with Gasteiger partial charge in [-0.3, -0.25) is 9.59 Å². The number of hydrogen-bond acceptors (Lipinski definition) is 15. The van der Waals surface area contributed by atoms with Gasteiger partial charge in [0.1, 0.15) is 55.4 Å². The van der Waals surface area contributed by atoms with E-state index in [-0.39, 0.29) is 26.1 Å². The van der Waals surface area contributed by atoms with Crippen LogP contribution >= 0.6 is 0 Å². The average Bonchev–Trinajstić information content (AvgIpc) is 3.31. The summed E-state index contributed by atoms with van der Waals surface area (Å²) >= 11 is 0. The molecule has 15 heteroatoms. The molecule has 15 nitrogen and oxygen atoms in total. The Morgan fingerprint density at radius 1 is 0.424 bits per heavy atom. The first-order valence-corrected chi connectivity index (χ1v) is 26.6. The predicted molar refractivity (Wildman–Crippen MR) is 252 cm³/mol. The second-order valence-electron chi connectivity index (χ2n) is 19.1. The number of unbranched alkanes of at least 4 members (excludes halogenated alkanes) is 28. The molecule has 0 bridgehead atoms. The molecule has 0 aliphatic carbocycles. The summed E-state index contributed by atoms with van der Waals surface area (Å²) in [5.74, 6) is -0.908. The van der Waals surface area contributed by atoms with Crippen molar-refractivity contribution >= 4 is 11.9 Å². The highest BCUT2D eigenvalue weighted by Crippen LogP contribution is 2.27. The third-order valence-electron chi connectivity index (χ3n) is 13.1. The van der Waals surface area contributed by atoms with Gasteiger partial charge in [0.15, 0.2) is 18.7 Å². The van der Waals surface area contributed by atoms with Gasteiger partial charge in [-0.25, -0.2) is 0 Å². The molecule has 66 heavy (non-hydrogen) atoms. The Labute approximate surface area is 398 Å². The first-order chi connectivity index (χ1) is 32.0. The Bertz CT molecular complexity index is 1160. The van der Waals surface area contributed by atoms with Gasteiger partial charge in [-0.05, 0) is 12.8 Å². The Hall–Kier alpha value is -1.50. The molecule has 0 aromatic carbocycles. The highest BCUT2D eigenvalue weighted by Gasteiger charge is 2.47. The van der Waals surface area contributed by atoms with Crippen LogP contribution in [0.15, 0.2) is 0 Å². The molecule has 0 aromatic rings. The van der Waals surface area contributed by atoms with Crippen LogP contribution in [0.4, 0.5) is 0 Å². The summed E-state index contributed by atoms with van der Waals surface area (Å²) in [7, 11) is 0. The number of rotatable bonds is 42. The van der Waals surface area contributed by atoms with E-state index in [1.807, 2.05) is 0 Å². The molecule has 0 saturated carbocycles. The van der Waals surface area contributed by atoms with Gasteiger partial charge in [-0.2, -0.15) is 0 Å². The van der Waals surface area contributed by atoms with Crippen LogP contribution < -0.4 is 0 Å². The van der Waals surface area contributed by atoms with E-state index in [9.17, 15) is 45.3 Å². The molecule has 2 rings (SSSR count). The zero-order valence-corrected chi connectivity index (χ0v) is 41.2. The summed E-state index contributed by atoms with van der Waals surface area (Å²) in [6.45, 7) is 2.63. The largest absolute Gasteiger partial charge is 0.462 e. The van der Waals surface area contributed by atoms with Crippen LogP contribution in [0.2, 0.25) is 0 Å². The second-order valence-corrected chi connectivity index (χ2v) is 19.1. The van der Waals surface area contributed by atoms with Crippen LogP contribution in [0.3, 0.4) is 0 Å². The summed E-state index contributed by atoms with van der Waals surface area (Å²) in [5.41, 5.74) is 0. The molecule has 11 atom stereocenters. The van der Waals surface area contributed by atoms with Gasteiger partial charge < -0.3 is 64.2 Å². The van der Waals surface area contributed by atoms with Crippen molar-refractivity contribution in [3.8, 4) is 0 Å². The third kappa shape index (κ3) is 27.0. The topological polar surface area (TPSA) is 231 Å². The fraction of sp³-hybridized carbons (Fsp3) is 0.961. The van der Waals surface area contributed by atoms with Crippen LogP contribution in [0.5, 0.6) is 0 Å². The summed E-state index contributed by atoms with van der Waals surface area (Å²) < 4.78 is 33.6. The Balaban J connectivity index is 1.79. The van der Waals surface area contributed by atoms with Crippen LogP contribution in [0, 0.1) is 0 Å². The van der Waals surface area contributed by atoms with Gasteiger partial charge >= 0.3 is 11.9 Å². The van der Waals surface area contributed by atoms with E-state index in [1.165, 1.54) is 141 Å². The molecule has 2 heterocycles. The predicted octanol–water partition coefficient (Wildman–Crippen LogP) is 7.61. The van der Waals surface area contributed by atoms with Crippen LogP contribution in [-0.2, 0) is 38.0 Å². The lowest BCUT2D eigenvalue weighted by Gasteiger charge is -2.42. The van der Waals surface area contributed by atoms with Gasteiger partial charge in [0, 0.05) is 12.8 Å². The summed E-state index contributed by atoms with van der Waals surface area (Å²) in [4.78, 5) is 25.8. The monoisotopic (exact) mass is 949 g/mol. The number of carbonyl (C=O) groups is 2. The van der Waals surface area contributed by atoms with E-state index in [0.717, 1.165) is 38.5 Å². The summed E-state index contributed by atoms with van der Waals surface area (Å²) in [5, 5.41) is 72.1. The van der Waals surface area contributed by atoms with Crippen molar-refractivity contribution in [2.45, 2.75) is 287 Å². The molecule has 2 saturated heterocycles. The number of carbonyl (C=O) groups excluding carboxylic acids is 2. The van der Waals surface area contributed by atoms with E-state index in [2.05, 4.69) is 13.8 Å². The molecule has 0 aromatic heterocycles.